The average molecular weight is 584 g/mol. The Bertz CT molecular complexity index is 1740. The average Bonchev–Trinajstić information content (AvgIpc) is 3.01. The van der Waals surface area contributed by atoms with E-state index in [0.717, 1.165) is 53.5 Å². The van der Waals surface area contributed by atoms with Crippen molar-refractivity contribution in [1.82, 2.24) is 14.5 Å². The maximum Gasteiger partial charge on any atom is 0.343 e. The fraction of sp³-hybridized carbons (Fsp3) is 0.333. The molecule has 1 aliphatic rings. The molecule has 0 amide bonds. The molecule has 0 unspecified atom stereocenters. The van der Waals surface area contributed by atoms with E-state index in [-0.39, 0.29) is 29.6 Å². The van der Waals surface area contributed by atoms with Crippen molar-refractivity contribution in [3.63, 3.8) is 0 Å². The molecule has 2 heterocycles. The Hall–Kier alpha value is -4.86. The van der Waals surface area contributed by atoms with Gasteiger partial charge in [0.1, 0.15) is 11.4 Å². The summed E-state index contributed by atoms with van der Waals surface area (Å²) in [4.78, 5) is 34.2. The molecule has 224 valence electrons. The molecule has 0 spiro atoms. The maximum atomic E-state index is 13.4. The van der Waals surface area contributed by atoms with Crippen molar-refractivity contribution in [1.29, 1.82) is 0 Å². The van der Waals surface area contributed by atoms with Crippen LogP contribution >= 0.6 is 0 Å². The molecule has 4 aromatic rings. The molecule has 2 aromatic carbocycles. The van der Waals surface area contributed by atoms with Gasteiger partial charge in [-0.1, -0.05) is 37.5 Å². The molecule has 0 radical (unpaired) electrons. The Morgan fingerprint density at radius 3 is 2.56 bits per heavy atom. The number of benzene rings is 2. The number of aromatic nitrogens is 3. The second-order valence-corrected chi connectivity index (χ2v) is 10.6. The number of esters is 1. The summed E-state index contributed by atoms with van der Waals surface area (Å²) in [6.45, 7) is 1.94. The van der Waals surface area contributed by atoms with Gasteiger partial charge in [-0.3, -0.25) is 4.79 Å². The van der Waals surface area contributed by atoms with Crippen LogP contribution in [0.3, 0.4) is 0 Å². The number of hydrogen-bond donors (Lipinski definition) is 2. The molecule has 0 atom stereocenters. The quantitative estimate of drug-likeness (QED) is 0.195. The van der Waals surface area contributed by atoms with E-state index >= 15 is 0 Å². The standard InChI is InChI=1S/C33H37N5O5/c1-4-43-32(40)26-19-38(24-8-6-5-7-9-24)27-16-20(11-13-25(27)29(26)39)10-12-22-14-21(17-28(41-2)30(22)42-3)15-23-18-36-33(35)37-31(23)34/h10-14,16-19,24H,4-9,15H2,1-3H3,(H4,34,35,36,37). The van der Waals surface area contributed by atoms with Gasteiger partial charge in [-0.05, 0) is 55.2 Å². The van der Waals surface area contributed by atoms with E-state index in [0.29, 0.717) is 29.1 Å². The zero-order valence-corrected chi connectivity index (χ0v) is 24.8. The summed E-state index contributed by atoms with van der Waals surface area (Å²) in [5.41, 5.74) is 15.7. The Morgan fingerprint density at radius 2 is 1.86 bits per heavy atom. The largest absolute Gasteiger partial charge is 0.493 e. The first-order valence-corrected chi connectivity index (χ1v) is 14.5. The van der Waals surface area contributed by atoms with Gasteiger partial charge in [-0.2, -0.15) is 4.98 Å². The van der Waals surface area contributed by atoms with Gasteiger partial charge in [-0.25, -0.2) is 9.78 Å². The van der Waals surface area contributed by atoms with E-state index in [9.17, 15) is 9.59 Å². The summed E-state index contributed by atoms with van der Waals surface area (Å²) in [5, 5.41) is 0.498. The fourth-order valence-corrected chi connectivity index (χ4v) is 5.74. The van der Waals surface area contributed by atoms with Gasteiger partial charge in [0.05, 0.1) is 26.3 Å². The number of hydrogen-bond acceptors (Lipinski definition) is 9. The minimum atomic E-state index is -0.587. The summed E-state index contributed by atoms with van der Waals surface area (Å²) in [7, 11) is 3.19. The van der Waals surface area contributed by atoms with E-state index in [4.69, 9.17) is 25.7 Å². The molecule has 1 saturated carbocycles. The molecule has 1 fully saturated rings. The van der Waals surface area contributed by atoms with E-state index in [1.807, 2.05) is 36.4 Å². The first-order valence-electron chi connectivity index (χ1n) is 14.5. The minimum absolute atomic E-state index is 0.0731. The van der Waals surface area contributed by atoms with Crippen LogP contribution in [0.2, 0.25) is 0 Å². The van der Waals surface area contributed by atoms with Gasteiger partial charge in [0, 0.05) is 41.4 Å². The highest BCUT2D eigenvalue weighted by molar-refractivity contribution is 5.94. The van der Waals surface area contributed by atoms with E-state index in [1.54, 1.807) is 39.6 Å². The molecule has 0 saturated heterocycles. The Morgan fingerprint density at radius 1 is 1.07 bits per heavy atom. The Labute approximate surface area is 250 Å². The number of nitrogens with two attached hydrogens (primary N) is 2. The van der Waals surface area contributed by atoms with Gasteiger partial charge in [0.15, 0.2) is 11.5 Å². The van der Waals surface area contributed by atoms with Crippen molar-refractivity contribution in [3.05, 3.63) is 80.8 Å². The molecule has 4 N–H and O–H groups in total. The monoisotopic (exact) mass is 583 g/mol. The lowest BCUT2D eigenvalue weighted by Gasteiger charge is -2.27. The summed E-state index contributed by atoms with van der Waals surface area (Å²) in [6.07, 6.45) is 13.1. The normalized spacial score (nSPS) is 13.8. The number of fused-ring (bicyclic) bond motifs is 1. The van der Waals surface area contributed by atoms with Crippen LogP contribution in [0, 0.1) is 0 Å². The lowest BCUT2D eigenvalue weighted by atomic mass is 9.94. The molecule has 0 aliphatic heterocycles. The molecule has 1 aliphatic carbocycles. The van der Waals surface area contributed by atoms with Crippen LogP contribution in [0.25, 0.3) is 23.1 Å². The van der Waals surface area contributed by atoms with Gasteiger partial charge >= 0.3 is 5.97 Å². The third-order valence-corrected chi connectivity index (χ3v) is 7.85. The molecule has 43 heavy (non-hydrogen) atoms. The molecule has 2 aromatic heterocycles. The lowest BCUT2D eigenvalue weighted by Crippen LogP contribution is -2.23. The summed E-state index contributed by atoms with van der Waals surface area (Å²) < 4.78 is 18.7. The summed E-state index contributed by atoms with van der Waals surface area (Å²) >= 11 is 0. The third-order valence-electron chi connectivity index (χ3n) is 7.85. The highest BCUT2D eigenvalue weighted by Crippen LogP contribution is 2.35. The molecular weight excluding hydrogens is 546 g/mol. The van der Waals surface area contributed by atoms with Crippen molar-refractivity contribution < 1.29 is 19.0 Å². The first-order chi connectivity index (χ1) is 20.8. The Balaban J connectivity index is 1.56. The third kappa shape index (κ3) is 6.33. The molecule has 10 heteroatoms. The number of pyridine rings is 1. The predicted octanol–water partition coefficient (Wildman–Crippen LogP) is 5.42. The predicted molar refractivity (Wildman–Crippen MR) is 168 cm³/mol. The number of nitrogen functional groups attached to an aromatic ring is 2. The highest BCUT2D eigenvalue weighted by Gasteiger charge is 2.22. The molecule has 0 bridgehead atoms. The van der Waals surface area contributed by atoms with Crippen LogP contribution in [0.15, 0.2) is 47.5 Å². The lowest BCUT2D eigenvalue weighted by molar-refractivity contribution is 0.0524. The van der Waals surface area contributed by atoms with Crippen LogP contribution in [0.4, 0.5) is 11.8 Å². The zero-order valence-electron chi connectivity index (χ0n) is 24.8. The van der Waals surface area contributed by atoms with Crippen LogP contribution < -0.4 is 26.4 Å². The SMILES string of the molecule is CCOC(=O)c1cn(C2CCCCC2)c2cc(C=Cc3cc(Cc4cnc(N)nc4N)cc(OC)c3OC)ccc2c1=O. The van der Waals surface area contributed by atoms with Gasteiger partial charge < -0.3 is 30.2 Å². The topological polar surface area (TPSA) is 145 Å². The van der Waals surface area contributed by atoms with E-state index < -0.39 is 5.97 Å². The molecule has 10 nitrogen and oxygen atoms in total. The summed E-state index contributed by atoms with van der Waals surface area (Å²) in [6, 6.07) is 9.76. The van der Waals surface area contributed by atoms with Crippen molar-refractivity contribution in [2.75, 3.05) is 32.3 Å². The first kappa shape index (κ1) is 29.6. The van der Waals surface area contributed by atoms with Crippen molar-refractivity contribution >= 4 is 40.8 Å². The fourth-order valence-electron chi connectivity index (χ4n) is 5.74. The minimum Gasteiger partial charge on any atom is -0.493 e. The van der Waals surface area contributed by atoms with Crippen LogP contribution in [-0.2, 0) is 11.2 Å². The van der Waals surface area contributed by atoms with Gasteiger partial charge in [0.2, 0.25) is 11.4 Å². The van der Waals surface area contributed by atoms with E-state index in [1.165, 1.54) is 6.42 Å². The van der Waals surface area contributed by atoms with Gasteiger partial charge in [-0.15, -0.1) is 0 Å². The van der Waals surface area contributed by atoms with Crippen molar-refractivity contribution in [2.24, 2.45) is 0 Å². The molecular formula is C33H37N5O5. The number of ether oxygens (including phenoxy) is 3. The van der Waals surface area contributed by atoms with Crippen LogP contribution in [0.1, 0.15) is 77.7 Å². The van der Waals surface area contributed by atoms with Gasteiger partial charge in [0.25, 0.3) is 0 Å². The number of carbonyl (C=O) groups is 1. The number of anilines is 2. The second-order valence-electron chi connectivity index (χ2n) is 10.6. The molecule has 5 rings (SSSR count). The zero-order chi connectivity index (χ0) is 30.5. The smallest absolute Gasteiger partial charge is 0.343 e. The number of nitrogens with zero attached hydrogens (tertiary/aromatic N) is 3. The van der Waals surface area contributed by atoms with Crippen molar-refractivity contribution in [2.45, 2.75) is 51.5 Å². The van der Waals surface area contributed by atoms with Crippen molar-refractivity contribution in [3.8, 4) is 11.5 Å². The maximum absolute atomic E-state index is 13.4. The van der Waals surface area contributed by atoms with Crippen LogP contribution in [-0.4, -0.2) is 41.3 Å². The van der Waals surface area contributed by atoms with E-state index in [2.05, 4.69) is 14.5 Å². The van der Waals surface area contributed by atoms with Crippen LogP contribution in [0.5, 0.6) is 11.5 Å². The highest BCUT2D eigenvalue weighted by atomic mass is 16.5. The number of rotatable bonds is 9. The summed E-state index contributed by atoms with van der Waals surface area (Å²) in [5.74, 6) is 1.02. The second kappa shape index (κ2) is 13.0. The number of methoxy groups -OCH3 is 2. The Kier molecular flexibility index (Phi) is 8.94. The number of carbonyl (C=O) groups excluding carboxylic acids is 1.